The van der Waals surface area contributed by atoms with Crippen LogP contribution >= 0.6 is 0 Å². The van der Waals surface area contributed by atoms with Crippen molar-refractivity contribution in [1.82, 2.24) is 0 Å². The molecule has 0 aliphatic heterocycles. The van der Waals surface area contributed by atoms with Crippen LogP contribution in [0.4, 0.5) is 0 Å². The van der Waals surface area contributed by atoms with E-state index in [1.165, 1.54) is 72.3 Å². The van der Waals surface area contributed by atoms with Crippen LogP contribution in [0.25, 0.3) is 22.3 Å². The molecule has 284 valence electrons. The Labute approximate surface area is 353 Å². The van der Waals surface area contributed by atoms with E-state index in [1.807, 2.05) is 0 Å². The van der Waals surface area contributed by atoms with Gasteiger partial charge in [-0.15, -0.1) is 0 Å². The van der Waals surface area contributed by atoms with Crippen molar-refractivity contribution >= 4 is 14.4 Å². The zero-order chi connectivity index (χ0) is 40.0. The monoisotopic (exact) mass is 826 g/mol. The molecule has 0 amide bonds. The number of allylic oxidation sites excluding steroid dienone is 4. The number of rotatable bonds is 7. The van der Waals surface area contributed by atoms with Crippen molar-refractivity contribution in [3.63, 3.8) is 0 Å². The normalized spacial score (nSPS) is 15.2. The van der Waals surface area contributed by atoms with Crippen LogP contribution in [0.5, 0.6) is 0 Å². The van der Waals surface area contributed by atoms with Crippen LogP contribution in [0.3, 0.4) is 0 Å². The Kier molecular flexibility index (Phi) is 10.2. The van der Waals surface area contributed by atoms with Crippen LogP contribution in [-0.4, -0.2) is 3.21 Å². The zero-order valence-corrected chi connectivity index (χ0v) is 37.1. The van der Waals surface area contributed by atoms with Crippen LogP contribution in [0.2, 0.25) is 0 Å². The predicted octanol–water partition coefficient (Wildman–Crippen LogP) is 14.5. The molecule has 7 aromatic carbocycles. The van der Waals surface area contributed by atoms with E-state index in [9.17, 15) is 0 Å². The molecule has 0 nitrogen and oxygen atoms in total. The summed E-state index contributed by atoms with van der Waals surface area (Å²) in [6.07, 6.45) is 2.69. The van der Waals surface area contributed by atoms with Gasteiger partial charge in [-0.1, -0.05) is 0 Å². The van der Waals surface area contributed by atoms with Gasteiger partial charge in [0.25, 0.3) is 0 Å². The SMILES string of the molecule is CC(C)(C)c1ccc2c(c1)[CH]([Zr]([C]1=CC(c3ccccc3)=C(c3ccccc3)C1c1ccccc1)=[C](c1ccccc1)c1ccccc1)c1cc(C(C)(C)C)ccc1-2. The van der Waals surface area contributed by atoms with Crippen LogP contribution < -0.4 is 0 Å². The predicted molar refractivity (Wildman–Crippen MR) is 244 cm³/mol. The molecular weight excluding hydrogens is 776 g/mol. The fourth-order valence-corrected chi connectivity index (χ4v) is 18.9. The molecule has 0 radical (unpaired) electrons. The fraction of sp³-hybridized carbons (Fsp3) is 0.175. The molecule has 0 aromatic heterocycles. The minimum absolute atomic E-state index is 0.0154. The first-order chi connectivity index (χ1) is 28.1. The first-order valence-corrected chi connectivity index (χ1v) is 24.7. The molecule has 2 aliphatic carbocycles. The Hall–Kier alpha value is -5.23. The summed E-state index contributed by atoms with van der Waals surface area (Å²) in [6, 6.07) is 71.6. The summed E-state index contributed by atoms with van der Waals surface area (Å²) in [5, 5.41) is 0. The Morgan fingerprint density at radius 1 is 0.448 bits per heavy atom. The fourth-order valence-electron chi connectivity index (χ4n) is 9.30. The van der Waals surface area contributed by atoms with Gasteiger partial charge in [0.1, 0.15) is 0 Å². The molecule has 0 saturated heterocycles. The van der Waals surface area contributed by atoms with Crippen LogP contribution in [-0.2, 0) is 32.1 Å². The van der Waals surface area contributed by atoms with Crippen molar-refractivity contribution in [2.75, 3.05) is 0 Å². The topological polar surface area (TPSA) is 0 Å². The van der Waals surface area contributed by atoms with E-state index in [-0.39, 0.29) is 20.4 Å². The van der Waals surface area contributed by atoms with Gasteiger partial charge in [0.05, 0.1) is 0 Å². The quantitative estimate of drug-likeness (QED) is 0.150. The summed E-state index contributed by atoms with van der Waals surface area (Å²) in [5.74, 6) is 0.0970. The Bertz CT molecular complexity index is 2580. The summed E-state index contributed by atoms with van der Waals surface area (Å²) < 4.78 is 3.43. The second-order valence-corrected chi connectivity index (χ2v) is 24.2. The van der Waals surface area contributed by atoms with Gasteiger partial charge in [0.2, 0.25) is 0 Å². The zero-order valence-electron chi connectivity index (χ0n) is 34.6. The molecule has 0 spiro atoms. The average Bonchev–Trinajstić information content (AvgIpc) is 3.80. The van der Waals surface area contributed by atoms with E-state index < -0.39 is 21.3 Å². The van der Waals surface area contributed by atoms with Crippen molar-refractivity contribution in [2.24, 2.45) is 0 Å². The third-order valence-corrected chi connectivity index (χ3v) is 20.5. The molecule has 0 bridgehead atoms. The van der Waals surface area contributed by atoms with Gasteiger partial charge in [-0.2, -0.15) is 0 Å². The third kappa shape index (κ3) is 7.14. The van der Waals surface area contributed by atoms with Gasteiger partial charge in [0, 0.05) is 0 Å². The molecule has 0 heterocycles. The number of benzene rings is 7. The van der Waals surface area contributed by atoms with Gasteiger partial charge >= 0.3 is 356 Å². The summed E-state index contributed by atoms with van der Waals surface area (Å²) >= 11 is -3.31. The minimum atomic E-state index is -3.31. The van der Waals surface area contributed by atoms with Crippen molar-refractivity contribution in [3.05, 3.63) is 247 Å². The second kappa shape index (κ2) is 15.5. The average molecular weight is 828 g/mol. The van der Waals surface area contributed by atoms with Crippen LogP contribution in [0, 0.1) is 0 Å². The Balaban J connectivity index is 1.46. The van der Waals surface area contributed by atoms with Crippen molar-refractivity contribution in [1.29, 1.82) is 0 Å². The summed E-state index contributed by atoms with van der Waals surface area (Å²) in [6.45, 7) is 14.2. The van der Waals surface area contributed by atoms with E-state index in [0.29, 0.717) is 0 Å². The first kappa shape index (κ1) is 38.3. The molecular formula is C57H52Zr. The molecule has 1 heteroatoms. The van der Waals surface area contributed by atoms with Crippen molar-refractivity contribution in [3.8, 4) is 11.1 Å². The maximum absolute atomic E-state index is 3.31. The van der Waals surface area contributed by atoms with Gasteiger partial charge in [-0.05, 0) is 0 Å². The number of fused-ring (bicyclic) bond motifs is 3. The maximum atomic E-state index is 2.69. The third-order valence-electron chi connectivity index (χ3n) is 12.2. The van der Waals surface area contributed by atoms with Crippen LogP contribution in [0.1, 0.15) is 101 Å². The second-order valence-electron chi connectivity index (χ2n) is 18.1. The van der Waals surface area contributed by atoms with Gasteiger partial charge in [0.15, 0.2) is 0 Å². The van der Waals surface area contributed by atoms with Crippen LogP contribution in [0.15, 0.2) is 197 Å². The Morgan fingerprint density at radius 2 is 0.862 bits per heavy atom. The Morgan fingerprint density at radius 3 is 1.31 bits per heavy atom. The number of hydrogen-bond acceptors (Lipinski definition) is 0. The molecule has 1 atom stereocenters. The summed E-state index contributed by atoms with van der Waals surface area (Å²) in [7, 11) is 0. The number of hydrogen-bond donors (Lipinski definition) is 0. The van der Waals surface area contributed by atoms with E-state index in [1.54, 1.807) is 6.49 Å². The standard InChI is InChI=1S/C23H17.C21H25.C13H10.Zr/c1-4-10-18(11-5-1)21-16-17-22(19-12-6-2-7-13-19)23(21)20-14-8-3-9-15-20;1-20(2,3)16-7-9-18-14(12-16)11-15-13-17(21(4,5)6)8-10-19(15)18;1-3-7-12(8-4-1)11-13-9-5-2-6-10-13;/h1-16,22H;7-13H,1-6H3;1-10H;. The van der Waals surface area contributed by atoms with Crippen molar-refractivity contribution < 1.29 is 21.3 Å². The van der Waals surface area contributed by atoms with E-state index in [0.717, 1.165) is 0 Å². The molecule has 58 heavy (non-hydrogen) atoms. The molecule has 0 N–H and O–H groups in total. The van der Waals surface area contributed by atoms with E-state index in [4.69, 9.17) is 0 Å². The summed E-state index contributed by atoms with van der Waals surface area (Å²) in [5.41, 5.74) is 18.0. The molecule has 0 saturated carbocycles. The molecule has 1 unspecified atom stereocenters. The van der Waals surface area contributed by atoms with Gasteiger partial charge in [-0.3, -0.25) is 0 Å². The molecule has 2 aliphatic rings. The van der Waals surface area contributed by atoms with E-state index in [2.05, 4.69) is 236 Å². The van der Waals surface area contributed by atoms with Gasteiger partial charge < -0.3 is 0 Å². The molecule has 9 rings (SSSR count). The molecule has 7 aromatic rings. The summed E-state index contributed by atoms with van der Waals surface area (Å²) in [4.78, 5) is 0. The van der Waals surface area contributed by atoms with Gasteiger partial charge in [-0.25, -0.2) is 0 Å². The van der Waals surface area contributed by atoms with Crippen molar-refractivity contribution in [2.45, 2.75) is 61.9 Å². The van der Waals surface area contributed by atoms with E-state index >= 15 is 0 Å². The first-order valence-electron chi connectivity index (χ1n) is 20.8. The molecule has 0 fully saturated rings.